The number of esters is 1. The normalized spacial score (nSPS) is 20.0. The number of hydrogen-bond acceptors (Lipinski definition) is 4. The molecular formula is C7H10F3NO3. The van der Waals surface area contributed by atoms with Gasteiger partial charge in [0.25, 0.3) is 0 Å². The van der Waals surface area contributed by atoms with Crippen molar-refractivity contribution >= 4 is 5.97 Å². The van der Waals surface area contributed by atoms with Gasteiger partial charge in [0.2, 0.25) is 0 Å². The van der Waals surface area contributed by atoms with E-state index in [1.807, 2.05) is 0 Å². The molecule has 0 aromatic rings. The van der Waals surface area contributed by atoms with Crippen LogP contribution in [-0.4, -0.2) is 44.6 Å². The van der Waals surface area contributed by atoms with E-state index in [0.717, 1.165) is 7.11 Å². The third-order valence-corrected chi connectivity index (χ3v) is 1.89. The lowest BCUT2D eigenvalue weighted by molar-refractivity contribution is -0.222. The van der Waals surface area contributed by atoms with E-state index in [0.29, 0.717) is 0 Å². The standard InChI is InChI=1S/C7H10F3NO3/c1-13-5(12)6(2-11-3-6)14-4-7(8,9)10/h11H,2-4H2,1H3. The fourth-order valence-electron chi connectivity index (χ4n) is 1.06. The van der Waals surface area contributed by atoms with Gasteiger partial charge in [-0.15, -0.1) is 0 Å². The number of nitrogens with one attached hydrogen (secondary N) is 1. The number of carbonyl (C=O) groups is 1. The summed E-state index contributed by atoms with van der Waals surface area (Å²) >= 11 is 0. The molecule has 1 saturated heterocycles. The van der Waals surface area contributed by atoms with Gasteiger partial charge < -0.3 is 14.8 Å². The largest absolute Gasteiger partial charge is 0.467 e. The smallest absolute Gasteiger partial charge is 0.411 e. The highest BCUT2D eigenvalue weighted by Gasteiger charge is 2.49. The predicted molar refractivity (Wildman–Crippen MR) is 39.6 cm³/mol. The Hall–Kier alpha value is -0.820. The number of methoxy groups -OCH3 is 1. The van der Waals surface area contributed by atoms with E-state index in [-0.39, 0.29) is 13.1 Å². The van der Waals surface area contributed by atoms with E-state index in [1.165, 1.54) is 0 Å². The first-order valence-electron chi connectivity index (χ1n) is 3.89. The zero-order chi connectivity index (χ0) is 10.8. The van der Waals surface area contributed by atoms with Gasteiger partial charge in [-0.3, -0.25) is 0 Å². The van der Waals surface area contributed by atoms with E-state index >= 15 is 0 Å². The molecule has 1 aliphatic rings. The van der Waals surface area contributed by atoms with E-state index < -0.39 is 24.4 Å². The van der Waals surface area contributed by atoms with Gasteiger partial charge in [-0.2, -0.15) is 13.2 Å². The zero-order valence-corrected chi connectivity index (χ0v) is 7.48. The van der Waals surface area contributed by atoms with Crippen molar-refractivity contribution in [3.05, 3.63) is 0 Å². The second-order valence-electron chi connectivity index (χ2n) is 2.99. The van der Waals surface area contributed by atoms with Gasteiger partial charge in [-0.25, -0.2) is 4.79 Å². The van der Waals surface area contributed by atoms with Crippen molar-refractivity contribution in [2.75, 3.05) is 26.8 Å². The molecule has 0 aliphatic carbocycles. The SMILES string of the molecule is COC(=O)C1(OCC(F)(F)F)CNC1. The summed E-state index contributed by atoms with van der Waals surface area (Å²) in [5.74, 6) is -0.777. The van der Waals surface area contributed by atoms with Crippen molar-refractivity contribution in [2.24, 2.45) is 0 Å². The molecule has 1 N–H and O–H groups in total. The van der Waals surface area contributed by atoms with E-state index in [4.69, 9.17) is 0 Å². The minimum atomic E-state index is -4.43. The van der Waals surface area contributed by atoms with Gasteiger partial charge in [0, 0.05) is 13.1 Å². The Balaban J connectivity index is 2.50. The number of alkyl halides is 3. The summed E-state index contributed by atoms with van der Waals surface area (Å²) in [5, 5.41) is 2.66. The van der Waals surface area contributed by atoms with Crippen molar-refractivity contribution in [1.82, 2.24) is 5.32 Å². The summed E-state index contributed by atoms with van der Waals surface area (Å²) < 4.78 is 44.3. The van der Waals surface area contributed by atoms with Crippen LogP contribution in [-0.2, 0) is 14.3 Å². The highest BCUT2D eigenvalue weighted by atomic mass is 19.4. The monoisotopic (exact) mass is 213 g/mol. The van der Waals surface area contributed by atoms with Gasteiger partial charge in [0.05, 0.1) is 7.11 Å². The molecule has 82 valence electrons. The molecule has 7 heteroatoms. The first-order valence-corrected chi connectivity index (χ1v) is 3.89. The van der Waals surface area contributed by atoms with Crippen LogP contribution in [0.4, 0.5) is 13.2 Å². The number of ether oxygens (including phenoxy) is 2. The van der Waals surface area contributed by atoms with Crippen LogP contribution in [0, 0.1) is 0 Å². The Morgan fingerprint density at radius 1 is 1.50 bits per heavy atom. The first-order chi connectivity index (χ1) is 6.40. The number of hydrogen-bond donors (Lipinski definition) is 1. The molecule has 0 atom stereocenters. The third kappa shape index (κ3) is 2.36. The molecular weight excluding hydrogens is 203 g/mol. The lowest BCUT2D eigenvalue weighted by atomic mass is 9.97. The predicted octanol–water partition coefficient (Wildman–Crippen LogP) is 0.0803. The van der Waals surface area contributed by atoms with Crippen LogP contribution in [0.15, 0.2) is 0 Å². The summed E-state index contributed by atoms with van der Waals surface area (Å²) in [6.45, 7) is -1.34. The average molecular weight is 213 g/mol. The third-order valence-electron chi connectivity index (χ3n) is 1.89. The Labute approximate surface area is 78.4 Å². The van der Waals surface area contributed by atoms with Gasteiger partial charge >= 0.3 is 12.1 Å². The lowest BCUT2D eigenvalue weighted by Crippen LogP contribution is -2.66. The summed E-state index contributed by atoms with van der Waals surface area (Å²) in [6.07, 6.45) is -4.43. The summed E-state index contributed by atoms with van der Waals surface area (Å²) in [6, 6.07) is 0. The second-order valence-corrected chi connectivity index (χ2v) is 2.99. The molecule has 0 aromatic heterocycles. The van der Waals surface area contributed by atoms with Gasteiger partial charge in [-0.1, -0.05) is 0 Å². The van der Waals surface area contributed by atoms with Crippen LogP contribution in [0.5, 0.6) is 0 Å². The molecule has 1 fully saturated rings. The van der Waals surface area contributed by atoms with Gasteiger partial charge in [-0.05, 0) is 0 Å². The molecule has 1 aliphatic heterocycles. The lowest BCUT2D eigenvalue weighted by Gasteiger charge is -2.39. The Bertz CT molecular complexity index is 225. The molecule has 0 aromatic carbocycles. The highest BCUT2D eigenvalue weighted by molar-refractivity contribution is 5.81. The van der Waals surface area contributed by atoms with Crippen molar-refractivity contribution in [3.8, 4) is 0 Å². The topological polar surface area (TPSA) is 47.6 Å². The van der Waals surface area contributed by atoms with E-state index in [9.17, 15) is 18.0 Å². The maximum atomic E-state index is 11.8. The quantitative estimate of drug-likeness (QED) is 0.674. The fraction of sp³-hybridized carbons (Fsp3) is 0.857. The number of halogens is 3. The molecule has 0 amide bonds. The van der Waals surface area contributed by atoms with Crippen molar-refractivity contribution in [1.29, 1.82) is 0 Å². The second kappa shape index (κ2) is 3.74. The molecule has 0 bridgehead atoms. The van der Waals surface area contributed by atoms with Crippen LogP contribution >= 0.6 is 0 Å². The van der Waals surface area contributed by atoms with Crippen molar-refractivity contribution < 1.29 is 27.4 Å². The molecule has 0 saturated carbocycles. The van der Waals surface area contributed by atoms with Crippen LogP contribution in [0.1, 0.15) is 0 Å². The Morgan fingerprint density at radius 2 is 2.07 bits per heavy atom. The molecule has 4 nitrogen and oxygen atoms in total. The zero-order valence-electron chi connectivity index (χ0n) is 7.48. The van der Waals surface area contributed by atoms with Crippen LogP contribution in [0.25, 0.3) is 0 Å². The maximum absolute atomic E-state index is 11.8. The van der Waals surface area contributed by atoms with Gasteiger partial charge in [0.15, 0.2) is 5.60 Å². The summed E-state index contributed by atoms with van der Waals surface area (Å²) in [7, 11) is 1.11. The van der Waals surface area contributed by atoms with Crippen LogP contribution in [0.2, 0.25) is 0 Å². The highest BCUT2D eigenvalue weighted by Crippen LogP contribution is 2.23. The van der Waals surface area contributed by atoms with E-state index in [1.54, 1.807) is 0 Å². The summed E-state index contributed by atoms with van der Waals surface area (Å²) in [4.78, 5) is 11.1. The maximum Gasteiger partial charge on any atom is 0.411 e. The van der Waals surface area contributed by atoms with Crippen molar-refractivity contribution in [3.63, 3.8) is 0 Å². The fourth-order valence-corrected chi connectivity index (χ4v) is 1.06. The summed E-state index contributed by atoms with van der Waals surface area (Å²) in [5.41, 5.74) is -1.45. The first kappa shape index (κ1) is 11.3. The van der Waals surface area contributed by atoms with Crippen LogP contribution < -0.4 is 5.32 Å². The van der Waals surface area contributed by atoms with Crippen molar-refractivity contribution in [2.45, 2.75) is 11.8 Å². The molecule has 1 rings (SSSR count). The number of rotatable bonds is 3. The average Bonchev–Trinajstić information content (AvgIpc) is 1.99. The Kier molecular flexibility index (Phi) is 3.01. The minimum Gasteiger partial charge on any atom is -0.467 e. The molecule has 0 spiro atoms. The molecule has 14 heavy (non-hydrogen) atoms. The Morgan fingerprint density at radius 3 is 2.36 bits per heavy atom. The molecule has 0 radical (unpaired) electrons. The van der Waals surface area contributed by atoms with E-state index in [2.05, 4.69) is 14.8 Å². The molecule has 1 heterocycles. The van der Waals surface area contributed by atoms with Gasteiger partial charge in [0.1, 0.15) is 6.61 Å². The van der Waals surface area contributed by atoms with Crippen LogP contribution in [0.3, 0.4) is 0 Å². The molecule has 0 unspecified atom stereocenters. The minimum absolute atomic E-state index is 0.0513. The number of carbonyl (C=O) groups excluding carboxylic acids is 1.